The fourth-order valence-corrected chi connectivity index (χ4v) is 2.49. The summed E-state index contributed by atoms with van der Waals surface area (Å²) in [5.41, 5.74) is 0. The van der Waals surface area contributed by atoms with Gasteiger partial charge in [0, 0.05) is 13.6 Å². The van der Waals surface area contributed by atoms with Gasteiger partial charge in [-0.2, -0.15) is 11.4 Å². The normalized spacial score (nSPS) is 14.5. The minimum atomic E-state index is 0.0102. The number of hydrogen-bond acceptors (Lipinski definition) is 3. The van der Waals surface area contributed by atoms with E-state index in [4.69, 9.17) is 4.74 Å². The number of carbonyl (C=O) groups excluding carboxylic acids is 1. The number of ether oxygens (including phenoxy) is 1. The van der Waals surface area contributed by atoms with E-state index in [0.29, 0.717) is 17.6 Å². The van der Waals surface area contributed by atoms with Crippen LogP contribution >= 0.6 is 11.4 Å². The van der Waals surface area contributed by atoms with Crippen LogP contribution in [0.2, 0.25) is 0 Å². The van der Waals surface area contributed by atoms with Crippen LogP contribution in [-0.4, -0.2) is 48.5 Å². The first-order chi connectivity index (χ1) is 8.77. The average molecular weight is 290 g/mol. The Hall–Kier alpha value is -0.390. The number of carbonyl (C=O) groups is 1. The summed E-state index contributed by atoms with van der Waals surface area (Å²) in [6, 6.07) is 0. The Morgan fingerprint density at radius 2 is 1.89 bits per heavy atom. The first-order valence-corrected chi connectivity index (χ1v) is 7.94. The Morgan fingerprint density at radius 1 is 1.32 bits per heavy atom. The molecule has 0 spiro atoms. The van der Waals surface area contributed by atoms with Gasteiger partial charge in [0.25, 0.3) is 0 Å². The van der Waals surface area contributed by atoms with Crippen LogP contribution in [-0.2, 0) is 9.53 Å². The lowest BCUT2D eigenvalue weighted by molar-refractivity contribution is -0.127. The molecule has 0 aliphatic carbocycles. The van der Waals surface area contributed by atoms with Gasteiger partial charge in [-0.1, -0.05) is 27.7 Å². The molecule has 5 heteroatoms. The van der Waals surface area contributed by atoms with Crippen molar-refractivity contribution in [2.75, 3.05) is 26.4 Å². The van der Waals surface area contributed by atoms with Crippen LogP contribution in [0.15, 0.2) is 0 Å². The molecule has 4 nitrogen and oxygen atoms in total. The summed E-state index contributed by atoms with van der Waals surface area (Å²) in [5.74, 6) is 1.56. The molecule has 0 saturated heterocycles. The summed E-state index contributed by atoms with van der Waals surface area (Å²) >= 11 is 0.946. The van der Waals surface area contributed by atoms with E-state index in [1.54, 1.807) is 4.90 Å². The van der Waals surface area contributed by atoms with Crippen molar-refractivity contribution in [3.05, 3.63) is 0 Å². The Balaban J connectivity index is 4.27. The average Bonchev–Trinajstić information content (AvgIpc) is 2.31. The lowest BCUT2D eigenvalue weighted by atomic mass is 10.2. The van der Waals surface area contributed by atoms with Crippen molar-refractivity contribution in [1.29, 1.82) is 0 Å². The predicted molar refractivity (Wildman–Crippen MR) is 85.8 cm³/mol. The molecule has 0 heterocycles. The topological polar surface area (TPSA) is 41.6 Å². The van der Waals surface area contributed by atoms with Crippen LogP contribution in [0.5, 0.6) is 0 Å². The van der Waals surface area contributed by atoms with Gasteiger partial charge in [0.2, 0.25) is 5.91 Å². The van der Waals surface area contributed by atoms with Crippen molar-refractivity contribution in [3.8, 4) is 0 Å². The molecular formula is C14H30N2O2S. The first-order valence-electron chi connectivity index (χ1n) is 6.86. The van der Waals surface area contributed by atoms with Crippen LogP contribution < -0.4 is 5.32 Å². The van der Waals surface area contributed by atoms with Gasteiger partial charge < -0.3 is 9.64 Å². The second-order valence-corrected chi connectivity index (χ2v) is 6.84. The van der Waals surface area contributed by atoms with Crippen LogP contribution in [0.25, 0.3) is 0 Å². The SMILES string of the molecule is CNC(OC(C)=[SH]CC(=O)N(C)CC(C)C)C(C)C. The maximum atomic E-state index is 11.9. The zero-order chi connectivity index (χ0) is 15.0. The molecule has 0 aromatic heterocycles. The standard InChI is InChI=1S/C14H30N2O2S/c1-10(2)8-16(7)13(17)9-19-12(5)18-14(15-6)11(3)4/h10-11,14-15,19H,8-9H2,1-7H3. The zero-order valence-corrected chi connectivity index (χ0v) is 14.3. The van der Waals surface area contributed by atoms with Crippen molar-refractivity contribution in [1.82, 2.24) is 10.2 Å². The highest BCUT2D eigenvalue weighted by Crippen LogP contribution is 2.06. The second-order valence-electron chi connectivity index (χ2n) is 5.57. The van der Waals surface area contributed by atoms with Gasteiger partial charge in [-0.3, -0.25) is 10.1 Å². The van der Waals surface area contributed by atoms with Crippen LogP contribution in [0.3, 0.4) is 0 Å². The zero-order valence-electron chi connectivity index (χ0n) is 13.4. The summed E-state index contributed by atoms with van der Waals surface area (Å²) in [4.78, 5) is 13.7. The molecule has 0 aromatic carbocycles. The molecule has 0 aliphatic rings. The number of nitrogens with zero attached hydrogens (tertiary/aromatic N) is 1. The number of nitrogens with one attached hydrogen (secondary N) is 1. The Kier molecular flexibility index (Phi) is 9.31. The minimum absolute atomic E-state index is 0.0102. The summed E-state index contributed by atoms with van der Waals surface area (Å²) in [7, 11) is 3.75. The van der Waals surface area contributed by atoms with Crippen LogP contribution in [0.1, 0.15) is 34.6 Å². The molecule has 0 aromatic rings. The summed E-state index contributed by atoms with van der Waals surface area (Å²) in [6.07, 6.45) is 0.0102. The molecule has 0 aliphatic heterocycles. The molecule has 1 N–H and O–H groups in total. The van der Waals surface area contributed by atoms with E-state index in [2.05, 4.69) is 33.0 Å². The largest absolute Gasteiger partial charge is 0.345 e. The predicted octanol–water partition coefficient (Wildman–Crippen LogP) is 1.93. The van der Waals surface area contributed by atoms with E-state index >= 15 is 0 Å². The molecule has 0 rings (SSSR count). The number of thiol groups is 1. The molecule has 0 fully saturated rings. The lowest BCUT2D eigenvalue weighted by Crippen LogP contribution is -2.35. The molecule has 0 radical (unpaired) electrons. The quantitative estimate of drug-likeness (QED) is 0.428. The number of amides is 1. The minimum Gasteiger partial charge on any atom is -0.345 e. The smallest absolute Gasteiger partial charge is 0.231 e. The number of rotatable bonds is 7. The lowest BCUT2D eigenvalue weighted by Gasteiger charge is -2.21. The van der Waals surface area contributed by atoms with Gasteiger partial charge in [-0.25, -0.2) is 0 Å². The summed E-state index contributed by atoms with van der Waals surface area (Å²) in [5, 5.41) is 4.01. The van der Waals surface area contributed by atoms with Crippen molar-refractivity contribution >= 4 is 22.3 Å². The Morgan fingerprint density at radius 3 is 2.32 bits per heavy atom. The van der Waals surface area contributed by atoms with Gasteiger partial charge in [-0.15, -0.1) is 0 Å². The maximum Gasteiger partial charge on any atom is 0.231 e. The van der Waals surface area contributed by atoms with Gasteiger partial charge in [0.05, 0.1) is 10.8 Å². The van der Waals surface area contributed by atoms with Gasteiger partial charge in [0.15, 0.2) is 0 Å². The highest BCUT2D eigenvalue weighted by molar-refractivity contribution is 7.99. The number of hydrogen-bond donors (Lipinski definition) is 2. The molecule has 0 bridgehead atoms. The highest BCUT2D eigenvalue weighted by Gasteiger charge is 2.13. The van der Waals surface area contributed by atoms with E-state index in [0.717, 1.165) is 22.9 Å². The van der Waals surface area contributed by atoms with Gasteiger partial charge in [-0.05, 0) is 25.8 Å². The van der Waals surface area contributed by atoms with Gasteiger partial charge in [0.1, 0.15) is 6.23 Å². The third-order valence-corrected chi connectivity index (χ3v) is 3.67. The third-order valence-electron chi connectivity index (χ3n) is 2.69. The maximum absolute atomic E-state index is 11.9. The van der Waals surface area contributed by atoms with Crippen molar-refractivity contribution < 1.29 is 9.53 Å². The molecule has 0 saturated carbocycles. The van der Waals surface area contributed by atoms with Crippen LogP contribution in [0, 0.1) is 11.8 Å². The van der Waals surface area contributed by atoms with E-state index in [1.165, 1.54) is 0 Å². The molecular weight excluding hydrogens is 260 g/mol. The molecule has 114 valence electrons. The molecule has 1 unspecified atom stereocenters. The fourth-order valence-electron chi connectivity index (χ4n) is 1.70. The summed E-state index contributed by atoms with van der Waals surface area (Å²) < 4.78 is 5.79. The molecule has 1 amide bonds. The monoisotopic (exact) mass is 290 g/mol. The first kappa shape index (κ1) is 18.6. The van der Waals surface area contributed by atoms with Crippen LogP contribution in [0.4, 0.5) is 0 Å². The van der Waals surface area contributed by atoms with E-state index in [9.17, 15) is 4.79 Å². The van der Waals surface area contributed by atoms with E-state index in [-0.39, 0.29) is 12.1 Å². The third kappa shape index (κ3) is 8.39. The Labute approximate surface area is 121 Å². The van der Waals surface area contributed by atoms with Gasteiger partial charge >= 0.3 is 0 Å². The summed E-state index contributed by atoms with van der Waals surface area (Å²) in [6.45, 7) is 11.2. The van der Waals surface area contributed by atoms with E-state index in [1.807, 2.05) is 21.0 Å². The highest BCUT2D eigenvalue weighted by atomic mass is 32.1. The van der Waals surface area contributed by atoms with Crippen molar-refractivity contribution in [2.24, 2.45) is 11.8 Å². The Bertz CT molecular complexity index is 304. The van der Waals surface area contributed by atoms with Crippen molar-refractivity contribution in [2.45, 2.75) is 40.8 Å². The molecule has 19 heavy (non-hydrogen) atoms. The second kappa shape index (κ2) is 9.50. The fraction of sp³-hybridized carbons (Fsp3) is 0.857. The molecule has 1 atom stereocenters. The van der Waals surface area contributed by atoms with E-state index < -0.39 is 0 Å². The van der Waals surface area contributed by atoms with Crippen molar-refractivity contribution in [3.63, 3.8) is 0 Å².